The SMILES string of the molecule is COc1ccc([C@H]2Nc3ccccc3C(=O)N2c2ccccc2F)cc1OC. The number of para-hydroxylation sites is 2. The second-order valence-electron chi connectivity index (χ2n) is 6.33. The third kappa shape index (κ3) is 2.93. The number of rotatable bonds is 4. The van der Waals surface area contributed by atoms with E-state index in [2.05, 4.69) is 5.32 Å². The van der Waals surface area contributed by atoms with E-state index in [9.17, 15) is 9.18 Å². The highest BCUT2D eigenvalue weighted by atomic mass is 19.1. The molecular weight excluding hydrogens is 359 g/mol. The number of fused-ring (bicyclic) bond motifs is 1. The van der Waals surface area contributed by atoms with Gasteiger partial charge in [-0.1, -0.05) is 30.3 Å². The van der Waals surface area contributed by atoms with Crippen LogP contribution < -0.4 is 19.7 Å². The van der Waals surface area contributed by atoms with Crippen LogP contribution >= 0.6 is 0 Å². The molecule has 1 heterocycles. The van der Waals surface area contributed by atoms with E-state index < -0.39 is 12.0 Å². The van der Waals surface area contributed by atoms with Gasteiger partial charge in [-0.05, 0) is 42.0 Å². The van der Waals surface area contributed by atoms with Gasteiger partial charge in [0.1, 0.15) is 12.0 Å². The van der Waals surface area contributed by atoms with Crippen LogP contribution in [-0.2, 0) is 0 Å². The van der Waals surface area contributed by atoms with Crippen molar-refractivity contribution >= 4 is 17.3 Å². The fourth-order valence-corrected chi connectivity index (χ4v) is 3.41. The summed E-state index contributed by atoms with van der Waals surface area (Å²) in [7, 11) is 3.10. The van der Waals surface area contributed by atoms with Crippen molar-refractivity contribution in [1.82, 2.24) is 0 Å². The van der Waals surface area contributed by atoms with E-state index in [-0.39, 0.29) is 11.6 Å². The van der Waals surface area contributed by atoms with E-state index in [0.717, 1.165) is 5.56 Å². The van der Waals surface area contributed by atoms with Crippen LogP contribution in [0, 0.1) is 5.82 Å². The summed E-state index contributed by atoms with van der Waals surface area (Å²) in [6.07, 6.45) is -0.612. The first-order valence-electron chi connectivity index (χ1n) is 8.79. The van der Waals surface area contributed by atoms with Crippen molar-refractivity contribution in [2.75, 3.05) is 24.4 Å². The van der Waals surface area contributed by atoms with Crippen molar-refractivity contribution in [2.24, 2.45) is 0 Å². The summed E-state index contributed by atoms with van der Waals surface area (Å²) < 4.78 is 25.3. The molecule has 142 valence electrons. The Morgan fingerprint density at radius 3 is 2.39 bits per heavy atom. The summed E-state index contributed by atoms with van der Waals surface area (Å²) in [6, 6.07) is 18.8. The molecule has 1 atom stereocenters. The molecule has 0 unspecified atom stereocenters. The molecule has 0 aromatic heterocycles. The van der Waals surface area contributed by atoms with Gasteiger partial charge in [-0.2, -0.15) is 0 Å². The van der Waals surface area contributed by atoms with Gasteiger partial charge >= 0.3 is 0 Å². The normalized spacial score (nSPS) is 15.6. The summed E-state index contributed by atoms with van der Waals surface area (Å²) in [5.41, 5.74) is 2.13. The number of benzene rings is 3. The van der Waals surface area contributed by atoms with Gasteiger partial charge in [0.2, 0.25) is 0 Å². The Bertz CT molecular complexity index is 1040. The summed E-state index contributed by atoms with van der Waals surface area (Å²) in [6.45, 7) is 0. The van der Waals surface area contributed by atoms with Gasteiger partial charge in [0.05, 0.1) is 25.5 Å². The van der Waals surface area contributed by atoms with Crippen LogP contribution in [0.4, 0.5) is 15.8 Å². The quantitative estimate of drug-likeness (QED) is 0.720. The van der Waals surface area contributed by atoms with Gasteiger partial charge in [0, 0.05) is 5.69 Å². The largest absolute Gasteiger partial charge is 0.493 e. The number of ether oxygens (including phenoxy) is 2. The number of carbonyl (C=O) groups excluding carboxylic acids is 1. The molecule has 4 rings (SSSR count). The van der Waals surface area contributed by atoms with E-state index in [1.807, 2.05) is 18.2 Å². The molecule has 0 radical (unpaired) electrons. The smallest absolute Gasteiger partial charge is 0.262 e. The highest BCUT2D eigenvalue weighted by Gasteiger charge is 2.35. The molecule has 1 aliphatic heterocycles. The third-order valence-corrected chi connectivity index (χ3v) is 4.76. The standard InChI is InChI=1S/C22H19FN2O3/c1-27-19-12-11-14(13-20(19)28-2)21-24-17-9-5-3-7-15(17)22(26)25(21)18-10-6-4-8-16(18)23/h3-13,21,24H,1-2H3/t21-/m0/s1. The topological polar surface area (TPSA) is 50.8 Å². The predicted molar refractivity (Wildman–Crippen MR) is 106 cm³/mol. The first-order chi connectivity index (χ1) is 13.6. The maximum Gasteiger partial charge on any atom is 0.262 e. The fourth-order valence-electron chi connectivity index (χ4n) is 3.41. The zero-order valence-electron chi connectivity index (χ0n) is 15.5. The Morgan fingerprint density at radius 2 is 1.64 bits per heavy atom. The number of anilines is 2. The van der Waals surface area contributed by atoms with Crippen molar-refractivity contribution in [2.45, 2.75) is 6.17 Å². The van der Waals surface area contributed by atoms with Crippen molar-refractivity contribution in [3.8, 4) is 11.5 Å². The monoisotopic (exact) mass is 378 g/mol. The molecule has 6 heteroatoms. The van der Waals surface area contributed by atoms with E-state index >= 15 is 0 Å². The Hall–Kier alpha value is -3.54. The number of methoxy groups -OCH3 is 2. The Labute approximate surface area is 162 Å². The second kappa shape index (κ2) is 7.23. The molecule has 0 aliphatic carbocycles. The number of nitrogens with one attached hydrogen (secondary N) is 1. The van der Waals surface area contributed by atoms with Crippen molar-refractivity contribution in [3.05, 3.63) is 83.7 Å². The van der Waals surface area contributed by atoms with Crippen LogP contribution in [0.2, 0.25) is 0 Å². The van der Waals surface area contributed by atoms with Crippen LogP contribution in [0.1, 0.15) is 22.1 Å². The summed E-state index contributed by atoms with van der Waals surface area (Å²) >= 11 is 0. The van der Waals surface area contributed by atoms with Crippen molar-refractivity contribution in [3.63, 3.8) is 0 Å². The Balaban J connectivity index is 1.88. The molecule has 0 spiro atoms. The van der Waals surface area contributed by atoms with Crippen LogP contribution in [0.25, 0.3) is 0 Å². The maximum absolute atomic E-state index is 14.6. The predicted octanol–water partition coefficient (Wildman–Crippen LogP) is 4.61. The fraction of sp³-hybridized carbons (Fsp3) is 0.136. The first-order valence-corrected chi connectivity index (χ1v) is 8.79. The zero-order valence-corrected chi connectivity index (χ0v) is 15.5. The van der Waals surface area contributed by atoms with Crippen molar-refractivity contribution in [1.29, 1.82) is 0 Å². The second-order valence-corrected chi connectivity index (χ2v) is 6.33. The van der Waals surface area contributed by atoms with Crippen LogP contribution in [0.3, 0.4) is 0 Å². The molecule has 1 aliphatic rings. The average molecular weight is 378 g/mol. The summed E-state index contributed by atoms with van der Waals surface area (Å²) in [5.74, 6) is 0.356. The number of carbonyl (C=O) groups is 1. The number of amides is 1. The highest BCUT2D eigenvalue weighted by molar-refractivity contribution is 6.12. The number of hydrogen-bond acceptors (Lipinski definition) is 4. The molecule has 1 N–H and O–H groups in total. The minimum atomic E-state index is -0.612. The lowest BCUT2D eigenvalue weighted by Gasteiger charge is -2.38. The van der Waals surface area contributed by atoms with Gasteiger partial charge in [-0.15, -0.1) is 0 Å². The van der Waals surface area contributed by atoms with E-state index in [0.29, 0.717) is 22.7 Å². The van der Waals surface area contributed by atoms with Gasteiger partial charge < -0.3 is 14.8 Å². The van der Waals surface area contributed by atoms with Crippen molar-refractivity contribution < 1.29 is 18.7 Å². The van der Waals surface area contributed by atoms with E-state index in [4.69, 9.17) is 9.47 Å². The van der Waals surface area contributed by atoms with Gasteiger partial charge in [0.25, 0.3) is 5.91 Å². The molecule has 3 aromatic rings. The summed E-state index contributed by atoms with van der Waals surface area (Å²) in [5, 5.41) is 3.35. The van der Waals surface area contributed by atoms with Crippen LogP contribution in [0.5, 0.6) is 11.5 Å². The van der Waals surface area contributed by atoms with E-state index in [1.54, 1.807) is 56.7 Å². The van der Waals surface area contributed by atoms with Gasteiger partial charge in [-0.25, -0.2) is 4.39 Å². The first kappa shape index (κ1) is 17.9. The number of hydrogen-bond donors (Lipinski definition) is 1. The minimum Gasteiger partial charge on any atom is -0.493 e. The zero-order chi connectivity index (χ0) is 19.7. The molecule has 0 bridgehead atoms. The average Bonchev–Trinajstić information content (AvgIpc) is 2.74. The molecular formula is C22H19FN2O3. The molecule has 5 nitrogen and oxygen atoms in total. The molecule has 1 amide bonds. The molecule has 0 saturated heterocycles. The molecule has 3 aromatic carbocycles. The maximum atomic E-state index is 14.6. The third-order valence-electron chi connectivity index (χ3n) is 4.76. The Morgan fingerprint density at radius 1 is 0.929 bits per heavy atom. The lowest BCUT2D eigenvalue weighted by molar-refractivity contribution is 0.0974. The van der Waals surface area contributed by atoms with Gasteiger partial charge in [-0.3, -0.25) is 9.69 Å². The minimum absolute atomic E-state index is 0.203. The van der Waals surface area contributed by atoms with Crippen LogP contribution in [-0.4, -0.2) is 20.1 Å². The lowest BCUT2D eigenvalue weighted by Crippen LogP contribution is -2.43. The number of nitrogens with zero attached hydrogens (tertiary/aromatic N) is 1. The molecule has 0 fully saturated rings. The highest BCUT2D eigenvalue weighted by Crippen LogP contribution is 2.39. The Kier molecular flexibility index (Phi) is 4.61. The summed E-state index contributed by atoms with van der Waals surface area (Å²) in [4.78, 5) is 14.7. The van der Waals surface area contributed by atoms with E-state index in [1.165, 1.54) is 11.0 Å². The lowest BCUT2D eigenvalue weighted by atomic mass is 10.0. The van der Waals surface area contributed by atoms with Gasteiger partial charge in [0.15, 0.2) is 11.5 Å². The molecule has 28 heavy (non-hydrogen) atoms. The molecule has 0 saturated carbocycles. The van der Waals surface area contributed by atoms with Crippen LogP contribution in [0.15, 0.2) is 66.7 Å². The number of halogens is 1.